The number of hydrogen-bond donors (Lipinski definition) is 4. The van der Waals surface area contributed by atoms with E-state index in [2.05, 4.69) is 76.2 Å². The van der Waals surface area contributed by atoms with Crippen LogP contribution in [0.5, 0.6) is 5.75 Å². The fourth-order valence-corrected chi connectivity index (χ4v) is 6.07. The average Bonchev–Trinajstić information content (AvgIpc) is 3.17. The van der Waals surface area contributed by atoms with Crippen molar-refractivity contribution in [3.8, 4) is 5.75 Å². The summed E-state index contributed by atoms with van der Waals surface area (Å²) in [5.74, 6) is 0.0870. The van der Waals surface area contributed by atoms with Crippen molar-refractivity contribution in [2.24, 2.45) is 5.73 Å². The van der Waals surface area contributed by atoms with Gasteiger partial charge in [-0.15, -0.1) is 0 Å². The number of rotatable bonds is 17. The van der Waals surface area contributed by atoms with Crippen molar-refractivity contribution in [3.05, 3.63) is 162 Å². The number of unbranched alkanes of at least 4 members (excludes halogenated alkanes) is 1. The van der Waals surface area contributed by atoms with Crippen molar-refractivity contribution in [1.82, 2.24) is 5.32 Å². The molecule has 0 aliphatic rings. The van der Waals surface area contributed by atoms with Gasteiger partial charge in [0.05, 0.1) is 25.8 Å². The lowest BCUT2D eigenvalue weighted by molar-refractivity contribution is -0.127. The number of carbonyl (C=O) groups excluding carboxylic acids is 2. The van der Waals surface area contributed by atoms with Crippen LogP contribution in [-0.2, 0) is 22.6 Å². The van der Waals surface area contributed by atoms with Gasteiger partial charge in [-0.3, -0.25) is 9.59 Å². The number of amides is 2. The largest absolute Gasteiger partial charge is 0.497 e. The summed E-state index contributed by atoms with van der Waals surface area (Å²) in [6.07, 6.45) is 2.20. The van der Waals surface area contributed by atoms with Crippen molar-refractivity contribution >= 4 is 23.2 Å². The van der Waals surface area contributed by atoms with Gasteiger partial charge in [0.25, 0.3) is 0 Å². The maximum Gasteiger partial charge on any atom is 0.246 e. The highest BCUT2D eigenvalue weighted by Crippen LogP contribution is 2.34. The molecule has 0 radical (unpaired) electrons. The first-order chi connectivity index (χ1) is 24.4. The van der Waals surface area contributed by atoms with Crippen molar-refractivity contribution in [1.29, 1.82) is 0 Å². The molecular weight excluding hydrogens is 624 g/mol. The monoisotopic (exact) mass is 670 g/mol. The molecular formula is C42H46N4O4. The average molecular weight is 671 g/mol. The minimum Gasteiger partial charge on any atom is -0.497 e. The highest BCUT2D eigenvalue weighted by Gasteiger charge is 2.26. The number of methoxy groups -OCH3 is 1. The van der Waals surface area contributed by atoms with E-state index in [9.17, 15) is 14.7 Å². The van der Waals surface area contributed by atoms with Crippen molar-refractivity contribution in [2.75, 3.05) is 23.9 Å². The van der Waals surface area contributed by atoms with E-state index in [1.54, 1.807) is 31.4 Å². The number of nitrogens with zero attached hydrogens (tertiary/aromatic N) is 1. The van der Waals surface area contributed by atoms with E-state index in [0.717, 1.165) is 29.0 Å². The van der Waals surface area contributed by atoms with Crippen LogP contribution < -0.4 is 26.0 Å². The van der Waals surface area contributed by atoms with E-state index < -0.39 is 12.1 Å². The van der Waals surface area contributed by atoms with Gasteiger partial charge in [-0.2, -0.15) is 0 Å². The van der Waals surface area contributed by atoms with Crippen LogP contribution in [-0.4, -0.2) is 42.7 Å². The topological polar surface area (TPSA) is 117 Å². The summed E-state index contributed by atoms with van der Waals surface area (Å²) in [6, 6.07) is 43.9. The first-order valence-electron chi connectivity index (χ1n) is 17.1. The van der Waals surface area contributed by atoms with Gasteiger partial charge < -0.3 is 31.1 Å². The molecule has 0 saturated heterocycles. The fraction of sp³-hybridized carbons (Fsp3) is 0.238. The van der Waals surface area contributed by atoms with Gasteiger partial charge in [0.2, 0.25) is 11.8 Å². The lowest BCUT2D eigenvalue weighted by Crippen LogP contribution is -2.50. The third kappa shape index (κ3) is 10.0. The zero-order valence-corrected chi connectivity index (χ0v) is 28.5. The Labute approximate surface area is 294 Å². The van der Waals surface area contributed by atoms with Crippen LogP contribution in [0.1, 0.15) is 47.6 Å². The number of anilines is 2. The molecule has 0 aromatic heterocycles. The number of hydrogen-bond acceptors (Lipinski definition) is 6. The van der Waals surface area contributed by atoms with Gasteiger partial charge in [-0.1, -0.05) is 103 Å². The lowest BCUT2D eigenvalue weighted by atomic mass is 9.95. The quantitative estimate of drug-likeness (QED) is 0.0824. The Morgan fingerprint density at radius 1 is 0.720 bits per heavy atom. The third-order valence-electron chi connectivity index (χ3n) is 8.76. The Bertz CT molecular complexity index is 1710. The number of carbonyl (C=O) groups is 2. The van der Waals surface area contributed by atoms with E-state index >= 15 is 0 Å². The molecule has 0 aliphatic carbocycles. The first kappa shape index (κ1) is 35.9. The first-order valence-corrected chi connectivity index (χ1v) is 17.1. The summed E-state index contributed by atoms with van der Waals surface area (Å²) in [4.78, 5) is 29.3. The summed E-state index contributed by atoms with van der Waals surface area (Å²) in [5, 5.41) is 15.3. The Balaban J connectivity index is 1.34. The number of aliphatic hydroxyl groups is 1. The second kappa shape index (κ2) is 18.4. The maximum atomic E-state index is 13.6. The molecule has 5 aromatic rings. The van der Waals surface area contributed by atoms with Crippen molar-refractivity contribution < 1.29 is 19.4 Å². The number of aliphatic hydroxyl groups excluding tert-OH is 1. The maximum absolute atomic E-state index is 13.6. The molecule has 5 rings (SSSR count). The molecule has 0 heterocycles. The molecule has 50 heavy (non-hydrogen) atoms. The Hall–Kier alpha value is -5.44. The summed E-state index contributed by atoms with van der Waals surface area (Å²) in [7, 11) is 1.66. The standard InChI is InChI=1S/C42H46N4O4/c1-50-37-26-24-36(25-27-37)46(40(33-15-7-3-8-16-33)34-17-9-4-10-18-34)28-12-11-19-39(42(49)44-35-22-20-32(30-47)21-23-35)45-41(48)38(43)29-31-13-5-2-6-14-31/h2-10,13-18,20-27,38-40,47H,11-12,19,28-30,43H2,1H3,(H,44,49)(H,45,48)/t38-,39-/m1/s1. The van der Waals surface area contributed by atoms with Gasteiger partial charge in [-0.25, -0.2) is 0 Å². The predicted octanol–water partition coefficient (Wildman–Crippen LogP) is 6.65. The van der Waals surface area contributed by atoms with Crippen LogP contribution >= 0.6 is 0 Å². The predicted molar refractivity (Wildman–Crippen MR) is 200 cm³/mol. The van der Waals surface area contributed by atoms with Gasteiger partial charge >= 0.3 is 0 Å². The molecule has 2 atom stereocenters. The van der Waals surface area contributed by atoms with Gasteiger partial charge in [0.1, 0.15) is 11.8 Å². The molecule has 258 valence electrons. The van der Waals surface area contributed by atoms with E-state index in [1.165, 1.54) is 11.1 Å². The number of nitrogens with one attached hydrogen (secondary N) is 2. The SMILES string of the molecule is COc1ccc(N(CCCC[C@@H](NC(=O)[C@H](N)Cc2ccccc2)C(=O)Nc2ccc(CO)cc2)C(c2ccccc2)c2ccccc2)cc1. The van der Waals surface area contributed by atoms with Gasteiger partial charge in [-0.05, 0) is 84.3 Å². The fourth-order valence-electron chi connectivity index (χ4n) is 6.07. The number of benzene rings is 5. The molecule has 5 aromatic carbocycles. The normalized spacial score (nSPS) is 12.2. The lowest BCUT2D eigenvalue weighted by Gasteiger charge is -2.35. The zero-order valence-electron chi connectivity index (χ0n) is 28.5. The second-order valence-electron chi connectivity index (χ2n) is 12.3. The molecule has 0 aliphatic heterocycles. The molecule has 0 bridgehead atoms. The molecule has 8 nitrogen and oxygen atoms in total. The van der Waals surface area contributed by atoms with Crippen molar-refractivity contribution in [3.63, 3.8) is 0 Å². The van der Waals surface area contributed by atoms with Crippen LogP contribution in [0.25, 0.3) is 0 Å². The third-order valence-corrected chi connectivity index (χ3v) is 8.76. The van der Waals surface area contributed by atoms with Crippen LogP contribution in [0.4, 0.5) is 11.4 Å². The van der Waals surface area contributed by atoms with Crippen LogP contribution in [0.2, 0.25) is 0 Å². The summed E-state index contributed by atoms with van der Waals surface area (Å²) in [5.41, 5.74) is 12.0. The second-order valence-corrected chi connectivity index (χ2v) is 12.3. The smallest absolute Gasteiger partial charge is 0.246 e. The van der Waals surface area contributed by atoms with Crippen LogP contribution in [0.15, 0.2) is 140 Å². The minimum absolute atomic E-state index is 0.0533. The van der Waals surface area contributed by atoms with E-state index in [4.69, 9.17) is 10.5 Å². The van der Waals surface area contributed by atoms with Crippen LogP contribution in [0.3, 0.4) is 0 Å². The zero-order chi connectivity index (χ0) is 35.1. The Morgan fingerprint density at radius 3 is 1.86 bits per heavy atom. The summed E-state index contributed by atoms with van der Waals surface area (Å²) in [6.45, 7) is 0.606. The number of ether oxygens (including phenoxy) is 1. The molecule has 2 amide bonds. The van der Waals surface area contributed by atoms with Gasteiger partial charge in [0.15, 0.2) is 0 Å². The highest BCUT2D eigenvalue weighted by atomic mass is 16.5. The Morgan fingerprint density at radius 2 is 1.30 bits per heavy atom. The number of nitrogens with two attached hydrogens (primary N) is 1. The molecule has 0 saturated carbocycles. The molecule has 0 fully saturated rings. The van der Waals surface area contributed by atoms with E-state index in [-0.39, 0.29) is 24.5 Å². The summed E-state index contributed by atoms with van der Waals surface area (Å²) < 4.78 is 5.45. The van der Waals surface area contributed by atoms with Crippen molar-refractivity contribution in [2.45, 2.75) is 50.4 Å². The van der Waals surface area contributed by atoms with E-state index in [0.29, 0.717) is 31.5 Å². The molecule has 0 unspecified atom stereocenters. The van der Waals surface area contributed by atoms with Crippen LogP contribution in [0, 0.1) is 0 Å². The molecule has 5 N–H and O–H groups in total. The summed E-state index contributed by atoms with van der Waals surface area (Å²) >= 11 is 0. The Kier molecular flexibility index (Phi) is 13.2. The molecule has 8 heteroatoms. The highest BCUT2D eigenvalue weighted by molar-refractivity contribution is 5.97. The minimum atomic E-state index is -0.806. The van der Waals surface area contributed by atoms with E-state index in [1.807, 2.05) is 54.6 Å². The molecule has 0 spiro atoms. The van der Waals surface area contributed by atoms with Gasteiger partial charge in [0, 0.05) is 17.9 Å².